The molecule has 0 fully saturated rings. The van der Waals surface area contributed by atoms with Crippen molar-refractivity contribution in [3.05, 3.63) is 11.2 Å². The first-order chi connectivity index (χ1) is 5.65. The van der Waals surface area contributed by atoms with E-state index >= 15 is 0 Å². The summed E-state index contributed by atoms with van der Waals surface area (Å²) in [5.41, 5.74) is 5.67. The maximum Gasteiger partial charge on any atom is 0.140 e. The van der Waals surface area contributed by atoms with E-state index in [4.69, 9.17) is 17.3 Å². The highest BCUT2D eigenvalue weighted by molar-refractivity contribution is 6.32. The average Bonchev–Trinajstić information content (AvgIpc) is 2.36. The number of halogens is 1. The molecule has 1 rings (SSSR count). The van der Waals surface area contributed by atoms with Crippen molar-refractivity contribution in [3.8, 4) is 0 Å². The van der Waals surface area contributed by atoms with E-state index < -0.39 is 0 Å². The zero-order valence-electron chi connectivity index (χ0n) is 7.42. The number of hydrogen-bond donors (Lipinski definition) is 1. The first-order valence-corrected chi connectivity index (χ1v) is 4.49. The molecule has 0 saturated carbocycles. The van der Waals surface area contributed by atoms with Gasteiger partial charge in [-0.3, -0.25) is 0 Å². The second kappa shape index (κ2) is 3.81. The summed E-state index contributed by atoms with van der Waals surface area (Å²) in [5, 5.41) is 4.60. The molecule has 0 amide bonds. The van der Waals surface area contributed by atoms with Gasteiger partial charge in [-0.1, -0.05) is 31.9 Å². The van der Waals surface area contributed by atoms with Gasteiger partial charge in [-0.25, -0.2) is 4.68 Å². The van der Waals surface area contributed by atoms with E-state index in [1.165, 1.54) is 0 Å². The molecule has 0 aliphatic carbocycles. The largest absolute Gasteiger partial charge is 0.383 e. The van der Waals surface area contributed by atoms with Gasteiger partial charge in [0, 0.05) is 6.54 Å². The second-order valence-corrected chi connectivity index (χ2v) is 3.48. The fourth-order valence-electron chi connectivity index (χ4n) is 0.942. The Morgan fingerprint density at radius 1 is 1.75 bits per heavy atom. The summed E-state index contributed by atoms with van der Waals surface area (Å²) in [6, 6.07) is 0. The Kier molecular flexibility index (Phi) is 2.98. The van der Waals surface area contributed by atoms with E-state index in [1.807, 2.05) is 0 Å². The van der Waals surface area contributed by atoms with Gasteiger partial charge in [-0.2, -0.15) is 5.10 Å². The molecule has 1 atom stereocenters. The average molecular weight is 188 g/mol. The van der Waals surface area contributed by atoms with Crippen molar-refractivity contribution < 1.29 is 0 Å². The molecule has 0 bridgehead atoms. The van der Waals surface area contributed by atoms with Gasteiger partial charge in [0.15, 0.2) is 0 Å². The maximum atomic E-state index is 5.75. The van der Waals surface area contributed by atoms with Gasteiger partial charge < -0.3 is 5.73 Å². The van der Waals surface area contributed by atoms with E-state index in [-0.39, 0.29) is 0 Å². The van der Waals surface area contributed by atoms with Crippen LogP contribution in [0.3, 0.4) is 0 Å². The van der Waals surface area contributed by atoms with Crippen LogP contribution >= 0.6 is 11.6 Å². The lowest BCUT2D eigenvalue weighted by Gasteiger charge is -2.09. The van der Waals surface area contributed by atoms with Crippen molar-refractivity contribution in [2.24, 2.45) is 5.92 Å². The normalized spacial score (nSPS) is 13.2. The van der Waals surface area contributed by atoms with Crippen molar-refractivity contribution in [3.63, 3.8) is 0 Å². The summed E-state index contributed by atoms with van der Waals surface area (Å²) < 4.78 is 1.75. The summed E-state index contributed by atoms with van der Waals surface area (Å²) in [6.45, 7) is 5.15. The SMILES string of the molecule is CCC(C)Cn1ncc(Cl)c1N. The van der Waals surface area contributed by atoms with Crippen LogP contribution in [-0.4, -0.2) is 9.78 Å². The molecule has 12 heavy (non-hydrogen) atoms. The Morgan fingerprint density at radius 2 is 2.42 bits per heavy atom. The number of nitrogens with two attached hydrogens (primary N) is 1. The van der Waals surface area contributed by atoms with E-state index in [1.54, 1.807) is 10.9 Å². The molecule has 0 radical (unpaired) electrons. The monoisotopic (exact) mass is 187 g/mol. The van der Waals surface area contributed by atoms with E-state index in [9.17, 15) is 0 Å². The predicted molar refractivity (Wildman–Crippen MR) is 51.1 cm³/mol. The van der Waals surface area contributed by atoms with Crippen molar-refractivity contribution in [2.75, 3.05) is 5.73 Å². The molecule has 0 spiro atoms. The molecule has 0 aliphatic rings. The van der Waals surface area contributed by atoms with Crippen molar-refractivity contribution in [1.82, 2.24) is 9.78 Å². The predicted octanol–water partition coefficient (Wildman–Crippen LogP) is 2.16. The lowest BCUT2D eigenvalue weighted by atomic mass is 10.1. The number of aromatic nitrogens is 2. The first kappa shape index (κ1) is 9.39. The van der Waals surface area contributed by atoms with E-state index in [0.717, 1.165) is 13.0 Å². The zero-order chi connectivity index (χ0) is 9.14. The summed E-state index contributed by atoms with van der Waals surface area (Å²) >= 11 is 5.75. The van der Waals surface area contributed by atoms with Crippen LogP contribution in [0.1, 0.15) is 20.3 Å². The molecule has 1 aromatic heterocycles. The van der Waals surface area contributed by atoms with Gasteiger partial charge in [0.1, 0.15) is 10.8 Å². The maximum absolute atomic E-state index is 5.75. The van der Waals surface area contributed by atoms with Crippen LogP contribution < -0.4 is 5.73 Å². The molecule has 1 heterocycles. The van der Waals surface area contributed by atoms with Gasteiger partial charge in [0.05, 0.1) is 6.20 Å². The highest BCUT2D eigenvalue weighted by Gasteiger charge is 2.07. The molecule has 0 saturated heterocycles. The minimum Gasteiger partial charge on any atom is -0.383 e. The molecule has 0 aliphatic heterocycles. The molecule has 4 heteroatoms. The Bertz CT molecular complexity index is 257. The quantitative estimate of drug-likeness (QED) is 0.788. The Balaban J connectivity index is 2.69. The highest BCUT2D eigenvalue weighted by atomic mass is 35.5. The molecule has 1 unspecified atom stereocenters. The zero-order valence-corrected chi connectivity index (χ0v) is 8.17. The summed E-state index contributed by atoms with van der Waals surface area (Å²) in [4.78, 5) is 0. The third kappa shape index (κ3) is 1.91. The van der Waals surface area contributed by atoms with Crippen LogP contribution in [0.4, 0.5) is 5.82 Å². The third-order valence-corrected chi connectivity index (χ3v) is 2.31. The van der Waals surface area contributed by atoms with E-state index in [2.05, 4.69) is 18.9 Å². The number of nitrogen functional groups attached to an aromatic ring is 1. The summed E-state index contributed by atoms with van der Waals surface area (Å²) in [6.07, 6.45) is 2.70. The number of hydrogen-bond acceptors (Lipinski definition) is 2. The van der Waals surface area contributed by atoms with Crippen molar-refractivity contribution in [1.29, 1.82) is 0 Å². The van der Waals surface area contributed by atoms with E-state index in [0.29, 0.717) is 16.8 Å². The molecule has 1 aromatic rings. The second-order valence-electron chi connectivity index (χ2n) is 3.07. The topological polar surface area (TPSA) is 43.8 Å². The molecular weight excluding hydrogens is 174 g/mol. The summed E-state index contributed by atoms with van der Waals surface area (Å²) in [5.74, 6) is 1.15. The standard InChI is InChI=1S/C8H14ClN3/c1-3-6(2)5-12-8(10)7(9)4-11-12/h4,6H,3,5,10H2,1-2H3. The Labute approximate surface area is 77.5 Å². The number of anilines is 1. The minimum atomic E-state index is 0.540. The fourth-order valence-corrected chi connectivity index (χ4v) is 1.08. The third-order valence-electron chi connectivity index (χ3n) is 2.01. The lowest BCUT2D eigenvalue weighted by molar-refractivity contribution is 0.443. The number of nitrogens with zero attached hydrogens (tertiary/aromatic N) is 2. The van der Waals surface area contributed by atoms with Crippen LogP contribution in [0.25, 0.3) is 0 Å². The smallest absolute Gasteiger partial charge is 0.140 e. The van der Waals surface area contributed by atoms with Gasteiger partial charge in [0.25, 0.3) is 0 Å². The molecule has 2 N–H and O–H groups in total. The van der Waals surface area contributed by atoms with Crippen molar-refractivity contribution >= 4 is 17.4 Å². The Morgan fingerprint density at radius 3 is 2.83 bits per heavy atom. The molecule has 0 aromatic carbocycles. The van der Waals surface area contributed by atoms with Crippen LogP contribution in [-0.2, 0) is 6.54 Å². The van der Waals surface area contributed by atoms with Crippen LogP contribution in [0.15, 0.2) is 6.20 Å². The van der Waals surface area contributed by atoms with Crippen LogP contribution in [0.5, 0.6) is 0 Å². The fraction of sp³-hybridized carbons (Fsp3) is 0.625. The molecule has 3 nitrogen and oxygen atoms in total. The molecular formula is C8H14ClN3. The van der Waals surface area contributed by atoms with Crippen molar-refractivity contribution in [2.45, 2.75) is 26.8 Å². The molecule has 68 valence electrons. The lowest BCUT2D eigenvalue weighted by Crippen LogP contribution is -2.10. The van der Waals surface area contributed by atoms with Gasteiger partial charge in [-0.15, -0.1) is 0 Å². The highest BCUT2D eigenvalue weighted by Crippen LogP contribution is 2.18. The van der Waals surface area contributed by atoms with Crippen LogP contribution in [0.2, 0.25) is 5.02 Å². The number of rotatable bonds is 3. The van der Waals surface area contributed by atoms with Gasteiger partial charge in [0.2, 0.25) is 0 Å². The van der Waals surface area contributed by atoms with Crippen LogP contribution in [0, 0.1) is 5.92 Å². The summed E-state index contributed by atoms with van der Waals surface area (Å²) in [7, 11) is 0. The Hall–Kier alpha value is -0.700. The van der Waals surface area contributed by atoms with Gasteiger partial charge >= 0.3 is 0 Å². The first-order valence-electron chi connectivity index (χ1n) is 4.12. The minimum absolute atomic E-state index is 0.540. The van der Waals surface area contributed by atoms with Gasteiger partial charge in [-0.05, 0) is 5.92 Å².